The number of nitrogens with zero attached hydrogens (tertiary/aromatic N) is 4. The van der Waals surface area contributed by atoms with Gasteiger partial charge in [0.2, 0.25) is 0 Å². The number of rotatable bonds is 12. The number of carbonyl (C=O) groups is 1. The van der Waals surface area contributed by atoms with Crippen LogP contribution in [-0.2, 0) is 36.8 Å². The van der Waals surface area contributed by atoms with Gasteiger partial charge in [0, 0.05) is 31.2 Å². The molecule has 0 spiro atoms. The predicted octanol–water partition coefficient (Wildman–Crippen LogP) is 5.57. The van der Waals surface area contributed by atoms with E-state index in [1.54, 1.807) is 12.0 Å². The Labute approximate surface area is 223 Å². The van der Waals surface area contributed by atoms with Crippen molar-refractivity contribution in [3.63, 3.8) is 0 Å². The van der Waals surface area contributed by atoms with E-state index in [0.717, 1.165) is 11.1 Å². The molecule has 0 aliphatic carbocycles. The van der Waals surface area contributed by atoms with Crippen LogP contribution >= 0.6 is 0 Å². The summed E-state index contributed by atoms with van der Waals surface area (Å²) in [7, 11) is 1.58. The molecule has 2 aliphatic rings. The highest BCUT2D eigenvalue weighted by molar-refractivity contribution is 5.68. The first-order valence-electron chi connectivity index (χ1n) is 13.0. The third-order valence-corrected chi connectivity index (χ3v) is 6.78. The van der Waals surface area contributed by atoms with E-state index in [1.165, 1.54) is 0 Å². The minimum absolute atomic E-state index is 0.165. The van der Waals surface area contributed by atoms with Crippen molar-refractivity contribution in [2.45, 2.75) is 82.7 Å². The summed E-state index contributed by atoms with van der Waals surface area (Å²) in [6, 6.07) is 19.1. The number of azide groups is 1. The lowest BCUT2D eigenvalue weighted by Gasteiger charge is -2.34. The highest BCUT2D eigenvalue weighted by atomic mass is 16.8. The van der Waals surface area contributed by atoms with Gasteiger partial charge in [-0.25, -0.2) is 4.79 Å². The van der Waals surface area contributed by atoms with Crippen LogP contribution in [0.2, 0.25) is 0 Å². The third-order valence-electron chi connectivity index (χ3n) is 6.78. The van der Waals surface area contributed by atoms with Crippen molar-refractivity contribution in [1.29, 1.82) is 0 Å². The molecule has 2 heterocycles. The molecule has 2 aromatic rings. The molecule has 2 aliphatic heterocycles. The fourth-order valence-corrected chi connectivity index (χ4v) is 5.06. The van der Waals surface area contributed by atoms with Gasteiger partial charge in [-0.3, -0.25) is 0 Å². The number of ether oxygens (including phenoxy) is 5. The zero-order valence-corrected chi connectivity index (χ0v) is 22.1. The van der Waals surface area contributed by atoms with E-state index in [-0.39, 0.29) is 31.0 Å². The molecule has 0 saturated carbocycles. The van der Waals surface area contributed by atoms with Crippen LogP contribution in [0.1, 0.15) is 44.2 Å². The van der Waals surface area contributed by atoms with Crippen LogP contribution < -0.4 is 0 Å². The SMILES string of the molecule is CO[C@@H]1O[C@H](C[C@H](CCCN=[N+]=[N-])N(Cc2ccccc2)C(=O)OCc2ccccc2)C2OC(C)(C)O[C@@H]21. The van der Waals surface area contributed by atoms with Gasteiger partial charge in [0.25, 0.3) is 0 Å². The standard InChI is InChI=1S/C28H36N4O6/c1-28(2)37-24-23(36-26(34-3)25(24)38-28)17-22(15-10-16-30-31-29)32(18-20-11-6-4-7-12-20)27(33)35-19-21-13-8-5-9-14-21/h4-9,11-14,22-26H,10,15-19H2,1-3H3/t22-,23+,24?,25-,26+/m0/s1. The molecule has 38 heavy (non-hydrogen) atoms. The highest BCUT2D eigenvalue weighted by Gasteiger charge is 2.56. The first-order chi connectivity index (χ1) is 18.4. The van der Waals surface area contributed by atoms with Gasteiger partial charge >= 0.3 is 6.09 Å². The molecule has 1 unspecified atom stereocenters. The monoisotopic (exact) mass is 524 g/mol. The molecule has 0 aromatic heterocycles. The first kappa shape index (κ1) is 27.9. The predicted molar refractivity (Wildman–Crippen MR) is 140 cm³/mol. The topological polar surface area (TPSA) is 115 Å². The van der Waals surface area contributed by atoms with Crippen LogP contribution in [0.4, 0.5) is 4.79 Å². The molecule has 10 nitrogen and oxygen atoms in total. The average molecular weight is 525 g/mol. The molecular formula is C28H36N4O6. The number of hydrogen-bond donors (Lipinski definition) is 0. The summed E-state index contributed by atoms with van der Waals surface area (Å²) >= 11 is 0. The van der Waals surface area contributed by atoms with E-state index < -0.39 is 18.2 Å². The summed E-state index contributed by atoms with van der Waals surface area (Å²) in [5.74, 6) is -0.760. The van der Waals surface area contributed by atoms with Crippen LogP contribution in [0.3, 0.4) is 0 Å². The smallest absolute Gasteiger partial charge is 0.410 e. The summed E-state index contributed by atoms with van der Waals surface area (Å²) in [4.78, 5) is 18.2. The molecule has 0 radical (unpaired) electrons. The molecule has 2 saturated heterocycles. The molecule has 4 rings (SSSR count). The summed E-state index contributed by atoms with van der Waals surface area (Å²) in [5.41, 5.74) is 10.6. The average Bonchev–Trinajstić information content (AvgIpc) is 3.41. The number of benzene rings is 2. The quantitative estimate of drug-likeness (QED) is 0.155. The van der Waals surface area contributed by atoms with Crippen LogP contribution in [0.15, 0.2) is 65.8 Å². The van der Waals surface area contributed by atoms with E-state index in [0.29, 0.717) is 32.4 Å². The van der Waals surface area contributed by atoms with Crippen molar-refractivity contribution < 1.29 is 28.5 Å². The van der Waals surface area contributed by atoms with E-state index in [2.05, 4.69) is 10.0 Å². The van der Waals surface area contributed by atoms with Crippen LogP contribution in [0.25, 0.3) is 10.4 Å². The molecule has 204 valence electrons. The maximum atomic E-state index is 13.6. The van der Waals surface area contributed by atoms with Gasteiger partial charge in [-0.2, -0.15) is 0 Å². The Bertz CT molecular complexity index is 1080. The normalized spacial score (nSPS) is 24.3. The van der Waals surface area contributed by atoms with Crippen molar-refractivity contribution >= 4 is 6.09 Å². The zero-order valence-electron chi connectivity index (χ0n) is 22.1. The molecular weight excluding hydrogens is 488 g/mol. The van der Waals surface area contributed by atoms with Crippen molar-refractivity contribution in [3.05, 3.63) is 82.2 Å². The maximum Gasteiger partial charge on any atom is 0.410 e. The van der Waals surface area contributed by atoms with E-state index in [9.17, 15) is 4.79 Å². The van der Waals surface area contributed by atoms with E-state index >= 15 is 0 Å². The van der Waals surface area contributed by atoms with Gasteiger partial charge < -0.3 is 28.6 Å². The Hall–Kier alpha value is -3.14. The third kappa shape index (κ3) is 7.24. The highest BCUT2D eigenvalue weighted by Crippen LogP contribution is 2.41. The Morgan fingerprint density at radius 3 is 2.39 bits per heavy atom. The Kier molecular flexibility index (Phi) is 9.60. The van der Waals surface area contributed by atoms with Gasteiger partial charge in [0.05, 0.1) is 6.10 Å². The minimum Gasteiger partial charge on any atom is -0.445 e. The summed E-state index contributed by atoms with van der Waals surface area (Å²) in [5, 5.41) is 3.69. The molecule has 1 amide bonds. The fraction of sp³-hybridized carbons (Fsp3) is 0.536. The molecule has 2 aromatic carbocycles. The van der Waals surface area contributed by atoms with E-state index in [1.807, 2.05) is 74.5 Å². The fourth-order valence-electron chi connectivity index (χ4n) is 5.06. The second kappa shape index (κ2) is 13.1. The largest absolute Gasteiger partial charge is 0.445 e. The van der Waals surface area contributed by atoms with Gasteiger partial charge in [0.15, 0.2) is 12.1 Å². The second-order valence-corrected chi connectivity index (χ2v) is 9.98. The summed E-state index contributed by atoms with van der Waals surface area (Å²) < 4.78 is 29.8. The van der Waals surface area contributed by atoms with Gasteiger partial charge in [-0.15, -0.1) is 0 Å². The second-order valence-electron chi connectivity index (χ2n) is 9.98. The van der Waals surface area contributed by atoms with Gasteiger partial charge in [-0.05, 0) is 49.8 Å². The lowest BCUT2D eigenvalue weighted by atomic mass is 9.98. The molecule has 0 bridgehead atoms. The Morgan fingerprint density at radius 2 is 1.74 bits per heavy atom. The van der Waals surface area contributed by atoms with Crippen molar-refractivity contribution in [3.8, 4) is 0 Å². The van der Waals surface area contributed by atoms with Crippen molar-refractivity contribution in [1.82, 2.24) is 4.90 Å². The van der Waals surface area contributed by atoms with Crippen LogP contribution in [0, 0.1) is 0 Å². The van der Waals surface area contributed by atoms with Gasteiger partial charge in [0.1, 0.15) is 18.8 Å². The summed E-state index contributed by atoms with van der Waals surface area (Å²) in [6.45, 7) is 4.59. The zero-order chi connectivity index (χ0) is 27.0. The van der Waals surface area contributed by atoms with Crippen LogP contribution in [0.5, 0.6) is 0 Å². The molecule has 10 heteroatoms. The Morgan fingerprint density at radius 1 is 1.08 bits per heavy atom. The number of carbonyl (C=O) groups excluding carboxylic acids is 1. The maximum absolute atomic E-state index is 13.6. The number of methoxy groups -OCH3 is 1. The van der Waals surface area contributed by atoms with Gasteiger partial charge in [-0.1, -0.05) is 65.8 Å². The first-order valence-corrected chi connectivity index (χ1v) is 13.0. The summed E-state index contributed by atoms with van der Waals surface area (Å²) in [6.07, 6.45) is -0.392. The Balaban J connectivity index is 1.56. The van der Waals surface area contributed by atoms with E-state index in [4.69, 9.17) is 29.2 Å². The number of fused-ring (bicyclic) bond motifs is 1. The number of hydrogen-bond acceptors (Lipinski definition) is 7. The lowest BCUT2D eigenvalue weighted by molar-refractivity contribution is -0.228. The lowest BCUT2D eigenvalue weighted by Crippen LogP contribution is -2.44. The van der Waals surface area contributed by atoms with Crippen molar-refractivity contribution in [2.75, 3.05) is 13.7 Å². The minimum atomic E-state index is -0.760. The molecule has 5 atom stereocenters. The molecule has 2 fully saturated rings. The van der Waals surface area contributed by atoms with Crippen molar-refractivity contribution in [2.24, 2.45) is 5.11 Å². The van der Waals surface area contributed by atoms with Crippen LogP contribution in [-0.4, -0.2) is 61.1 Å². The number of amides is 1. The molecule has 0 N–H and O–H groups in total.